The molecule has 2 rings (SSSR count). The fraction of sp³-hybridized carbons (Fsp3) is 0.154. The van der Waals surface area contributed by atoms with Crippen LogP contribution in [-0.4, -0.2) is 5.97 Å². The molecule has 2 aromatic rings. The quantitative estimate of drug-likeness (QED) is 0.623. The number of hydrogen-bond acceptors (Lipinski definition) is 3. The molecule has 1 aromatic heterocycles. The van der Waals surface area contributed by atoms with Gasteiger partial charge < -0.3 is 9.15 Å². The maximum Gasteiger partial charge on any atom is 0.379 e. The van der Waals surface area contributed by atoms with Crippen molar-refractivity contribution in [1.29, 1.82) is 0 Å². The highest BCUT2D eigenvalue weighted by Gasteiger charge is 2.14. The molecule has 0 radical (unpaired) electrons. The van der Waals surface area contributed by atoms with Gasteiger partial charge >= 0.3 is 5.97 Å². The first-order valence-electron chi connectivity index (χ1n) is 5.11. The Labute approximate surface area is 108 Å². The van der Waals surface area contributed by atoms with Gasteiger partial charge in [0.1, 0.15) is 5.75 Å². The number of aryl methyl sites for hydroxylation is 2. The van der Waals surface area contributed by atoms with Crippen LogP contribution in [0.2, 0.25) is 0 Å². The van der Waals surface area contributed by atoms with Crippen molar-refractivity contribution in [3.05, 3.63) is 51.9 Å². The van der Waals surface area contributed by atoms with Gasteiger partial charge in [-0.25, -0.2) is 4.79 Å². The van der Waals surface area contributed by atoms with E-state index in [-0.39, 0.29) is 5.76 Å². The summed E-state index contributed by atoms with van der Waals surface area (Å²) >= 11 is 3.14. The lowest BCUT2D eigenvalue weighted by molar-refractivity contribution is 0.0698. The highest BCUT2D eigenvalue weighted by molar-refractivity contribution is 9.10. The molecule has 0 spiro atoms. The number of hydrogen-bond donors (Lipinski definition) is 0. The molecular formula is C13H11BrO3. The van der Waals surface area contributed by atoms with Crippen LogP contribution in [0.25, 0.3) is 0 Å². The third-order valence-corrected chi connectivity index (χ3v) is 2.73. The van der Waals surface area contributed by atoms with Gasteiger partial charge in [0.15, 0.2) is 4.67 Å². The van der Waals surface area contributed by atoms with Crippen LogP contribution in [0, 0.1) is 13.8 Å². The number of halogens is 1. The molecule has 0 amide bonds. The van der Waals surface area contributed by atoms with Crippen molar-refractivity contribution < 1.29 is 13.9 Å². The van der Waals surface area contributed by atoms with Crippen molar-refractivity contribution in [3.8, 4) is 5.75 Å². The number of ether oxygens (including phenoxy) is 1. The van der Waals surface area contributed by atoms with Gasteiger partial charge in [0.05, 0.1) is 0 Å². The average Bonchev–Trinajstić information content (AvgIpc) is 2.69. The van der Waals surface area contributed by atoms with Crippen LogP contribution in [0.3, 0.4) is 0 Å². The Morgan fingerprint density at radius 3 is 2.59 bits per heavy atom. The van der Waals surface area contributed by atoms with Crippen LogP contribution >= 0.6 is 15.9 Å². The standard InChI is InChI=1S/C13H11BrO3/c1-8-3-4-10(9(2)7-8)17-13(15)11-5-6-12(14)16-11/h3-7H,1-2H3. The first-order chi connectivity index (χ1) is 8.06. The van der Waals surface area contributed by atoms with E-state index < -0.39 is 5.97 Å². The molecule has 17 heavy (non-hydrogen) atoms. The molecule has 3 nitrogen and oxygen atoms in total. The minimum Gasteiger partial charge on any atom is -0.442 e. The van der Waals surface area contributed by atoms with Gasteiger partial charge in [-0.05, 0) is 53.5 Å². The zero-order valence-electron chi connectivity index (χ0n) is 9.49. The number of furan rings is 1. The first kappa shape index (κ1) is 11.9. The van der Waals surface area contributed by atoms with Crippen molar-refractivity contribution in [2.75, 3.05) is 0 Å². The molecule has 0 aliphatic heterocycles. The van der Waals surface area contributed by atoms with E-state index in [0.717, 1.165) is 11.1 Å². The molecule has 4 heteroatoms. The van der Waals surface area contributed by atoms with E-state index in [9.17, 15) is 4.79 Å². The topological polar surface area (TPSA) is 39.4 Å². The van der Waals surface area contributed by atoms with Gasteiger partial charge in [0.25, 0.3) is 0 Å². The lowest BCUT2D eigenvalue weighted by Crippen LogP contribution is -2.08. The second-order valence-electron chi connectivity index (χ2n) is 3.76. The summed E-state index contributed by atoms with van der Waals surface area (Å²) in [4.78, 5) is 11.7. The van der Waals surface area contributed by atoms with Crippen molar-refractivity contribution in [3.63, 3.8) is 0 Å². The van der Waals surface area contributed by atoms with E-state index in [1.807, 2.05) is 26.0 Å². The Balaban J connectivity index is 2.18. The summed E-state index contributed by atoms with van der Waals surface area (Å²) < 4.78 is 10.9. The molecule has 0 aliphatic rings. The summed E-state index contributed by atoms with van der Waals surface area (Å²) in [6.07, 6.45) is 0. The number of rotatable bonds is 2. The van der Waals surface area contributed by atoms with E-state index in [1.165, 1.54) is 0 Å². The van der Waals surface area contributed by atoms with Gasteiger partial charge in [-0.2, -0.15) is 0 Å². The molecule has 1 aromatic carbocycles. The molecule has 88 valence electrons. The van der Waals surface area contributed by atoms with Crippen LogP contribution in [0.15, 0.2) is 39.4 Å². The lowest BCUT2D eigenvalue weighted by Gasteiger charge is -2.06. The Morgan fingerprint density at radius 1 is 1.24 bits per heavy atom. The normalized spacial score (nSPS) is 10.3. The SMILES string of the molecule is Cc1ccc(OC(=O)c2ccc(Br)o2)c(C)c1. The molecule has 0 N–H and O–H groups in total. The molecule has 0 atom stereocenters. The van der Waals surface area contributed by atoms with E-state index in [4.69, 9.17) is 9.15 Å². The Hall–Kier alpha value is -1.55. The fourth-order valence-corrected chi connectivity index (χ4v) is 1.79. The van der Waals surface area contributed by atoms with Gasteiger partial charge in [-0.15, -0.1) is 0 Å². The van der Waals surface area contributed by atoms with Crippen molar-refractivity contribution >= 4 is 21.9 Å². The van der Waals surface area contributed by atoms with Gasteiger partial charge in [0, 0.05) is 0 Å². The van der Waals surface area contributed by atoms with Gasteiger partial charge in [-0.1, -0.05) is 17.7 Å². The number of carbonyl (C=O) groups is 1. The molecule has 0 unspecified atom stereocenters. The summed E-state index contributed by atoms with van der Waals surface area (Å²) in [5, 5.41) is 0. The maximum atomic E-state index is 11.7. The summed E-state index contributed by atoms with van der Waals surface area (Å²) in [6, 6.07) is 8.85. The third kappa shape index (κ3) is 2.77. The summed E-state index contributed by atoms with van der Waals surface area (Å²) in [7, 11) is 0. The minimum absolute atomic E-state index is 0.178. The average molecular weight is 295 g/mol. The van der Waals surface area contributed by atoms with E-state index >= 15 is 0 Å². The second-order valence-corrected chi connectivity index (χ2v) is 4.54. The molecule has 0 saturated carbocycles. The zero-order chi connectivity index (χ0) is 12.4. The van der Waals surface area contributed by atoms with Gasteiger partial charge in [-0.3, -0.25) is 0 Å². The second kappa shape index (κ2) is 4.75. The Kier molecular flexibility index (Phi) is 3.33. The van der Waals surface area contributed by atoms with Crippen LogP contribution in [0.1, 0.15) is 21.7 Å². The van der Waals surface area contributed by atoms with Crippen LogP contribution in [-0.2, 0) is 0 Å². The van der Waals surface area contributed by atoms with E-state index in [2.05, 4.69) is 15.9 Å². The summed E-state index contributed by atoms with van der Waals surface area (Å²) in [5.41, 5.74) is 2.05. The predicted octanol–water partition coefficient (Wildman–Crippen LogP) is 3.88. The third-order valence-electron chi connectivity index (χ3n) is 2.31. The summed E-state index contributed by atoms with van der Waals surface area (Å²) in [5.74, 6) is 0.229. The molecule has 1 heterocycles. The smallest absolute Gasteiger partial charge is 0.379 e. The Bertz CT molecular complexity index is 558. The van der Waals surface area contributed by atoms with Crippen molar-refractivity contribution in [2.24, 2.45) is 0 Å². The molecule has 0 bridgehead atoms. The highest BCUT2D eigenvalue weighted by atomic mass is 79.9. The van der Waals surface area contributed by atoms with E-state index in [0.29, 0.717) is 10.4 Å². The van der Waals surface area contributed by atoms with Gasteiger partial charge in [0.2, 0.25) is 5.76 Å². The monoisotopic (exact) mass is 294 g/mol. The molecule has 0 aliphatic carbocycles. The highest BCUT2D eigenvalue weighted by Crippen LogP contribution is 2.21. The number of carbonyl (C=O) groups excluding carboxylic acids is 1. The predicted molar refractivity (Wildman–Crippen MR) is 67.3 cm³/mol. The Morgan fingerprint density at radius 2 is 2.00 bits per heavy atom. The molecular weight excluding hydrogens is 284 g/mol. The number of esters is 1. The van der Waals surface area contributed by atoms with Crippen LogP contribution in [0.4, 0.5) is 0 Å². The van der Waals surface area contributed by atoms with Crippen LogP contribution < -0.4 is 4.74 Å². The van der Waals surface area contributed by atoms with Crippen molar-refractivity contribution in [2.45, 2.75) is 13.8 Å². The van der Waals surface area contributed by atoms with Crippen LogP contribution in [0.5, 0.6) is 5.75 Å². The molecule has 0 saturated heterocycles. The number of benzene rings is 1. The fourth-order valence-electron chi connectivity index (χ4n) is 1.49. The first-order valence-corrected chi connectivity index (χ1v) is 5.90. The lowest BCUT2D eigenvalue weighted by atomic mass is 10.1. The largest absolute Gasteiger partial charge is 0.442 e. The maximum absolute atomic E-state index is 11.7. The van der Waals surface area contributed by atoms with Crippen molar-refractivity contribution in [1.82, 2.24) is 0 Å². The molecule has 0 fully saturated rings. The van der Waals surface area contributed by atoms with E-state index in [1.54, 1.807) is 18.2 Å². The minimum atomic E-state index is -0.498. The zero-order valence-corrected chi connectivity index (χ0v) is 11.1. The summed E-state index contributed by atoms with van der Waals surface area (Å²) in [6.45, 7) is 3.88.